The van der Waals surface area contributed by atoms with Gasteiger partial charge in [0.1, 0.15) is 0 Å². The van der Waals surface area contributed by atoms with Crippen LogP contribution in [0.25, 0.3) is 0 Å². The largest absolute Gasteiger partial charge is 0.352 e. The van der Waals surface area contributed by atoms with Gasteiger partial charge in [0, 0.05) is 31.2 Å². The van der Waals surface area contributed by atoms with Crippen molar-refractivity contribution in [3.8, 4) is 0 Å². The van der Waals surface area contributed by atoms with E-state index < -0.39 is 0 Å². The summed E-state index contributed by atoms with van der Waals surface area (Å²) >= 11 is 0. The van der Waals surface area contributed by atoms with E-state index in [0.29, 0.717) is 18.9 Å². The van der Waals surface area contributed by atoms with E-state index in [1.165, 1.54) is 5.56 Å². The summed E-state index contributed by atoms with van der Waals surface area (Å²) in [7, 11) is 0. The van der Waals surface area contributed by atoms with Gasteiger partial charge in [-0.25, -0.2) is 0 Å². The van der Waals surface area contributed by atoms with E-state index in [2.05, 4.69) is 30.5 Å². The van der Waals surface area contributed by atoms with Crippen LogP contribution in [0.1, 0.15) is 44.6 Å². The van der Waals surface area contributed by atoms with Crippen molar-refractivity contribution in [3.05, 3.63) is 29.8 Å². The maximum absolute atomic E-state index is 12.5. The molecule has 1 aromatic rings. The molecule has 0 radical (unpaired) electrons. The number of hydrogen-bond donors (Lipinski definition) is 2. The summed E-state index contributed by atoms with van der Waals surface area (Å²) in [5, 5.41) is 6.33. The molecular formula is C19H28ClN3O2. The third-order valence-corrected chi connectivity index (χ3v) is 5.27. The second kappa shape index (κ2) is 8.68. The number of anilines is 1. The van der Waals surface area contributed by atoms with Crippen molar-refractivity contribution >= 4 is 29.9 Å². The molecule has 0 spiro atoms. The first-order valence-corrected chi connectivity index (χ1v) is 9.00. The molecule has 2 fully saturated rings. The molecule has 3 unspecified atom stereocenters. The average molecular weight is 366 g/mol. The van der Waals surface area contributed by atoms with Crippen LogP contribution in [0.2, 0.25) is 0 Å². The van der Waals surface area contributed by atoms with Gasteiger partial charge in [0.15, 0.2) is 0 Å². The van der Waals surface area contributed by atoms with E-state index >= 15 is 0 Å². The Morgan fingerprint density at radius 2 is 2.16 bits per heavy atom. The van der Waals surface area contributed by atoms with E-state index in [-0.39, 0.29) is 36.2 Å². The Hall–Kier alpha value is -1.59. The second-order valence-electron chi connectivity index (χ2n) is 6.97. The fourth-order valence-electron chi connectivity index (χ4n) is 3.58. The van der Waals surface area contributed by atoms with Crippen molar-refractivity contribution in [3.63, 3.8) is 0 Å². The number of hydrogen-bond acceptors (Lipinski definition) is 3. The number of nitrogens with one attached hydrogen (secondary N) is 2. The predicted octanol–water partition coefficient (Wildman–Crippen LogP) is 2.45. The molecule has 6 heteroatoms. The molecule has 1 aromatic carbocycles. The highest BCUT2D eigenvalue weighted by atomic mass is 35.5. The smallest absolute Gasteiger partial charge is 0.227 e. The van der Waals surface area contributed by atoms with Crippen molar-refractivity contribution in [2.24, 2.45) is 5.92 Å². The van der Waals surface area contributed by atoms with Crippen molar-refractivity contribution < 1.29 is 9.59 Å². The number of carbonyl (C=O) groups is 2. The number of benzene rings is 1. The summed E-state index contributed by atoms with van der Waals surface area (Å²) < 4.78 is 0. The van der Waals surface area contributed by atoms with Gasteiger partial charge in [0.25, 0.3) is 0 Å². The minimum atomic E-state index is -0.247. The average Bonchev–Trinajstić information content (AvgIpc) is 3.23. The SMILES string of the molecule is CCC(C)c1ccccc1N1CC(C(=O)NC2CCNC2)CC1=O.Cl. The van der Waals surface area contributed by atoms with Crippen LogP contribution in [0.4, 0.5) is 5.69 Å². The first-order chi connectivity index (χ1) is 11.6. The first kappa shape index (κ1) is 19.7. The molecule has 0 aromatic heterocycles. The first-order valence-electron chi connectivity index (χ1n) is 9.00. The van der Waals surface area contributed by atoms with Crippen LogP contribution < -0.4 is 15.5 Å². The second-order valence-corrected chi connectivity index (χ2v) is 6.97. The molecule has 0 aliphatic carbocycles. The van der Waals surface area contributed by atoms with Crippen LogP contribution in [0, 0.1) is 5.92 Å². The van der Waals surface area contributed by atoms with Gasteiger partial charge in [0.05, 0.1) is 5.92 Å². The maximum atomic E-state index is 12.5. The van der Waals surface area contributed by atoms with Crippen molar-refractivity contribution in [1.29, 1.82) is 0 Å². The van der Waals surface area contributed by atoms with Gasteiger partial charge in [0.2, 0.25) is 11.8 Å². The summed E-state index contributed by atoms with van der Waals surface area (Å²) in [6, 6.07) is 8.28. The zero-order chi connectivity index (χ0) is 17.1. The molecule has 138 valence electrons. The molecule has 25 heavy (non-hydrogen) atoms. The summed E-state index contributed by atoms with van der Waals surface area (Å²) in [6.07, 6.45) is 2.30. The highest BCUT2D eigenvalue weighted by Crippen LogP contribution is 2.33. The number of carbonyl (C=O) groups excluding carboxylic acids is 2. The molecule has 2 heterocycles. The van der Waals surface area contributed by atoms with Crippen LogP contribution in [0.5, 0.6) is 0 Å². The highest BCUT2D eigenvalue weighted by Gasteiger charge is 2.37. The van der Waals surface area contributed by atoms with E-state index in [0.717, 1.165) is 31.6 Å². The molecule has 2 aliphatic heterocycles. The molecule has 5 nitrogen and oxygen atoms in total. The lowest BCUT2D eigenvalue weighted by Gasteiger charge is -2.23. The number of para-hydroxylation sites is 1. The van der Waals surface area contributed by atoms with E-state index in [4.69, 9.17) is 0 Å². The molecular weight excluding hydrogens is 338 g/mol. The van der Waals surface area contributed by atoms with Gasteiger partial charge in [-0.1, -0.05) is 32.0 Å². The molecule has 2 amide bonds. The van der Waals surface area contributed by atoms with Crippen molar-refractivity contribution in [1.82, 2.24) is 10.6 Å². The Labute approximate surface area is 155 Å². The third kappa shape index (κ3) is 4.33. The Kier molecular flexibility index (Phi) is 6.85. The maximum Gasteiger partial charge on any atom is 0.227 e. The zero-order valence-corrected chi connectivity index (χ0v) is 15.8. The van der Waals surface area contributed by atoms with Crippen LogP contribution in [0.15, 0.2) is 24.3 Å². The van der Waals surface area contributed by atoms with Crippen LogP contribution >= 0.6 is 12.4 Å². The number of nitrogens with zero attached hydrogens (tertiary/aromatic N) is 1. The third-order valence-electron chi connectivity index (χ3n) is 5.27. The van der Waals surface area contributed by atoms with E-state index in [1.807, 2.05) is 18.2 Å². The highest BCUT2D eigenvalue weighted by molar-refractivity contribution is 6.01. The van der Waals surface area contributed by atoms with E-state index in [9.17, 15) is 9.59 Å². The van der Waals surface area contributed by atoms with Gasteiger partial charge in [-0.05, 0) is 36.9 Å². The molecule has 0 saturated carbocycles. The van der Waals surface area contributed by atoms with Gasteiger partial charge >= 0.3 is 0 Å². The Bertz CT molecular complexity index is 616. The molecule has 3 atom stereocenters. The minimum absolute atomic E-state index is 0. The lowest BCUT2D eigenvalue weighted by Crippen LogP contribution is -2.40. The fraction of sp³-hybridized carbons (Fsp3) is 0.579. The Morgan fingerprint density at radius 1 is 1.40 bits per heavy atom. The Morgan fingerprint density at radius 3 is 2.84 bits per heavy atom. The van der Waals surface area contributed by atoms with Gasteiger partial charge in [-0.2, -0.15) is 0 Å². The molecule has 3 rings (SSSR count). The van der Waals surface area contributed by atoms with Crippen LogP contribution in [0.3, 0.4) is 0 Å². The number of halogens is 1. The lowest BCUT2D eigenvalue weighted by atomic mass is 9.96. The van der Waals surface area contributed by atoms with E-state index in [1.54, 1.807) is 4.90 Å². The van der Waals surface area contributed by atoms with Crippen LogP contribution in [-0.2, 0) is 9.59 Å². The summed E-state index contributed by atoms with van der Waals surface area (Å²) in [4.78, 5) is 26.8. The Balaban J connectivity index is 0.00000225. The fourth-order valence-corrected chi connectivity index (χ4v) is 3.58. The minimum Gasteiger partial charge on any atom is -0.352 e. The summed E-state index contributed by atoms with van der Waals surface area (Å²) in [5.74, 6) is 0.213. The monoisotopic (exact) mass is 365 g/mol. The standard InChI is InChI=1S/C19H27N3O2.ClH/c1-3-13(2)16-6-4-5-7-17(16)22-12-14(10-18(22)23)19(24)21-15-8-9-20-11-15;/h4-7,13-15,20H,3,8-12H2,1-2H3,(H,21,24);1H. The van der Waals surface area contributed by atoms with Crippen molar-refractivity contribution in [2.45, 2.75) is 45.1 Å². The van der Waals surface area contributed by atoms with Gasteiger partial charge < -0.3 is 15.5 Å². The quantitative estimate of drug-likeness (QED) is 0.842. The van der Waals surface area contributed by atoms with Gasteiger partial charge in [-0.15, -0.1) is 12.4 Å². The van der Waals surface area contributed by atoms with Crippen LogP contribution in [-0.4, -0.2) is 37.5 Å². The summed E-state index contributed by atoms with van der Waals surface area (Å²) in [5.41, 5.74) is 2.16. The number of rotatable bonds is 5. The lowest BCUT2D eigenvalue weighted by molar-refractivity contribution is -0.126. The number of amides is 2. The molecule has 2 saturated heterocycles. The normalized spacial score (nSPS) is 24.1. The zero-order valence-electron chi connectivity index (χ0n) is 15.0. The molecule has 2 N–H and O–H groups in total. The topological polar surface area (TPSA) is 61.4 Å². The predicted molar refractivity (Wildman–Crippen MR) is 102 cm³/mol. The molecule has 2 aliphatic rings. The summed E-state index contributed by atoms with van der Waals surface area (Å²) in [6.45, 7) is 6.59. The van der Waals surface area contributed by atoms with Gasteiger partial charge in [-0.3, -0.25) is 9.59 Å². The molecule has 0 bridgehead atoms. The van der Waals surface area contributed by atoms with Crippen molar-refractivity contribution in [2.75, 3.05) is 24.5 Å².